The van der Waals surface area contributed by atoms with Crippen molar-refractivity contribution in [2.24, 2.45) is 5.73 Å². The molecule has 0 aliphatic carbocycles. The monoisotopic (exact) mass is 405 g/mol. The third-order valence-electron chi connectivity index (χ3n) is 2.55. The van der Waals surface area contributed by atoms with Crippen LogP contribution in [0.5, 0.6) is 0 Å². The van der Waals surface area contributed by atoms with E-state index in [4.69, 9.17) is 11.1 Å². The molecule has 100 valence electrons. The highest BCUT2D eigenvalue weighted by Crippen LogP contribution is 2.38. The average molecular weight is 407 g/mol. The lowest BCUT2D eigenvalue weighted by atomic mass is 10.1. The normalized spacial score (nSPS) is 13.9. The fourth-order valence-electron chi connectivity index (χ4n) is 1.81. The molecule has 0 aromatic heterocycles. The molecule has 0 bridgehead atoms. The van der Waals surface area contributed by atoms with Crippen LogP contribution in [0.1, 0.15) is 10.4 Å². The van der Waals surface area contributed by atoms with E-state index in [1.165, 1.54) is 4.90 Å². The number of Topliss-reactive ketones (excluding diaryl/α,β-unsaturated/α-hetero) is 1. The minimum Gasteiger partial charge on any atom is -0.379 e. The predicted molar refractivity (Wildman–Crippen MR) is 82.9 cm³/mol. The van der Waals surface area contributed by atoms with Crippen molar-refractivity contribution < 1.29 is 9.59 Å². The van der Waals surface area contributed by atoms with E-state index in [-0.39, 0.29) is 5.17 Å². The Morgan fingerprint density at radius 2 is 2.05 bits per heavy atom. The molecular weight excluding hydrogens is 398 g/mol. The summed E-state index contributed by atoms with van der Waals surface area (Å²) in [5.41, 5.74) is 6.22. The van der Waals surface area contributed by atoms with E-state index < -0.39 is 11.7 Å². The van der Waals surface area contributed by atoms with E-state index in [9.17, 15) is 9.59 Å². The molecule has 1 heterocycles. The van der Waals surface area contributed by atoms with Gasteiger partial charge in [-0.25, -0.2) is 0 Å². The van der Waals surface area contributed by atoms with Gasteiger partial charge < -0.3 is 10.6 Å². The summed E-state index contributed by atoms with van der Waals surface area (Å²) in [7, 11) is 0. The maximum atomic E-state index is 11.9. The van der Waals surface area contributed by atoms with Crippen LogP contribution in [0.3, 0.4) is 0 Å². The Morgan fingerprint density at radius 3 is 2.68 bits per heavy atom. The zero-order chi connectivity index (χ0) is 14.2. The first-order valence-electron chi connectivity index (χ1n) is 5.24. The molecule has 0 fully saturated rings. The Kier molecular flexibility index (Phi) is 4.32. The summed E-state index contributed by atoms with van der Waals surface area (Å²) in [6.07, 6.45) is 0. The maximum Gasteiger partial charge on any atom is 0.299 e. The van der Waals surface area contributed by atoms with Crippen molar-refractivity contribution in [3.63, 3.8) is 0 Å². The van der Waals surface area contributed by atoms with Crippen LogP contribution in [0.2, 0.25) is 0 Å². The molecule has 1 aromatic carbocycles. The van der Waals surface area contributed by atoms with Gasteiger partial charge in [-0.05, 0) is 28.1 Å². The highest BCUT2D eigenvalue weighted by Gasteiger charge is 2.37. The number of benzene rings is 1. The van der Waals surface area contributed by atoms with Crippen LogP contribution in [0.15, 0.2) is 21.1 Å². The minimum atomic E-state index is -0.544. The number of carbonyl (C=O) groups excluding carboxylic acids is 2. The lowest BCUT2D eigenvalue weighted by molar-refractivity contribution is -0.114. The molecular formula is C11H9Br2N3O2S. The van der Waals surface area contributed by atoms with Gasteiger partial charge in [0.15, 0.2) is 5.17 Å². The number of rotatable bonds is 3. The van der Waals surface area contributed by atoms with Gasteiger partial charge in [0.25, 0.3) is 11.7 Å². The van der Waals surface area contributed by atoms with Gasteiger partial charge in [-0.3, -0.25) is 15.0 Å². The highest BCUT2D eigenvalue weighted by atomic mass is 79.9. The number of ketones is 1. The number of amidine groups is 1. The molecule has 0 atom stereocenters. The van der Waals surface area contributed by atoms with E-state index in [0.29, 0.717) is 28.0 Å². The molecule has 0 unspecified atom stereocenters. The first-order chi connectivity index (χ1) is 8.91. The summed E-state index contributed by atoms with van der Waals surface area (Å²) >= 11 is 7.79. The Morgan fingerprint density at radius 1 is 1.37 bits per heavy atom. The largest absolute Gasteiger partial charge is 0.379 e. The van der Waals surface area contributed by atoms with Crippen molar-refractivity contribution in [3.8, 4) is 0 Å². The number of hydrogen-bond donors (Lipinski definition) is 2. The van der Waals surface area contributed by atoms with Crippen molar-refractivity contribution in [1.82, 2.24) is 0 Å². The van der Waals surface area contributed by atoms with Crippen LogP contribution >= 0.6 is 43.6 Å². The fourth-order valence-corrected chi connectivity index (χ4v) is 3.75. The zero-order valence-electron chi connectivity index (χ0n) is 9.57. The van der Waals surface area contributed by atoms with E-state index in [1.54, 1.807) is 12.1 Å². The number of nitrogens with two attached hydrogens (primary N) is 1. The second kappa shape index (κ2) is 5.64. The second-order valence-electron chi connectivity index (χ2n) is 3.78. The summed E-state index contributed by atoms with van der Waals surface area (Å²) < 4.78 is 1.42. The van der Waals surface area contributed by atoms with Crippen molar-refractivity contribution in [2.75, 3.05) is 17.2 Å². The first kappa shape index (κ1) is 14.5. The quantitative estimate of drug-likeness (QED) is 0.458. The maximum absolute atomic E-state index is 11.9. The SMILES string of the molecule is N=C(N)SCCN1C(=O)C(=O)c2cc(Br)cc(Br)c21. The van der Waals surface area contributed by atoms with Crippen LogP contribution in [-0.4, -0.2) is 29.2 Å². The van der Waals surface area contributed by atoms with Crippen molar-refractivity contribution >= 4 is 66.2 Å². The summed E-state index contributed by atoms with van der Waals surface area (Å²) in [6, 6.07) is 3.42. The van der Waals surface area contributed by atoms with Crippen molar-refractivity contribution in [1.29, 1.82) is 5.41 Å². The summed E-state index contributed by atoms with van der Waals surface area (Å²) in [4.78, 5) is 25.3. The van der Waals surface area contributed by atoms with Crippen LogP contribution in [0.25, 0.3) is 0 Å². The Hall–Kier alpha value is -0.860. The first-order valence-corrected chi connectivity index (χ1v) is 7.81. The van der Waals surface area contributed by atoms with E-state index in [1.807, 2.05) is 0 Å². The number of anilines is 1. The number of fused-ring (bicyclic) bond motifs is 1. The topological polar surface area (TPSA) is 87.2 Å². The minimum absolute atomic E-state index is 0.00642. The number of hydrogen-bond acceptors (Lipinski definition) is 4. The number of halogens is 2. The fraction of sp³-hybridized carbons (Fsp3) is 0.182. The summed E-state index contributed by atoms with van der Waals surface area (Å²) in [5.74, 6) is -0.584. The van der Waals surface area contributed by atoms with Crippen LogP contribution < -0.4 is 10.6 Å². The average Bonchev–Trinajstić information content (AvgIpc) is 2.54. The van der Waals surface area contributed by atoms with Crippen LogP contribution in [0, 0.1) is 5.41 Å². The van der Waals surface area contributed by atoms with Crippen LogP contribution in [-0.2, 0) is 4.79 Å². The third-order valence-corrected chi connectivity index (χ3v) is 4.31. The second-order valence-corrected chi connectivity index (χ2v) is 6.69. The Balaban J connectivity index is 2.31. The molecule has 1 aliphatic rings. The number of nitrogens with one attached hydrogen (secondary N) is 1. The van der Waals surface area contributed by atoms with Crippen molar-refractivity contribution in [3.05, 3.63) is 26.6 Å². The molecule has 0 radical (unpaired) electrons. The van der Waals surface area contributed by atoms with E-state index in [0.717, 1.165) is 16.2 Å². The highest BCUT2D eigenvalue weighted by molar-refractivity contribution is 9.11. The number of amides is 1. The predicted octanol–water partition coefficient (Wildman–Crippen LogP) is 2.37. The molecule has 1 aromatic rings. The molecule has 8 heteroatoms. The molecule has 0 saturated heterocycles. The molecule has 2 rings (SSSR count). The van der Waals surface area contributed by atoms with Gasteiger partial charge in [0.05, 0.1) is 11.3 Å². The lowest BCUT2D eigenvalue weighted by Gasteiger charge is -2.17. The van der Waals surface area contributed by atoms with Gasteiger partial charge >= 0.3 is 0 Å². The third kappa shape index (κ3) is 2.85. The molecule has 3 N–H and O–H groups in total. The van der Waals surface area contributed by atoms with Gasteiger partial charge in [0, 0.05) is 21.2 Å². The standard InChI is InChI=1S/C11H9Br2N3O2S/c12-5-3-6-8(7(13)4-5)16(10(18)9(6)17)1-2-19-11(14)15/h3-4H,1-2H2,(H3,14,15). The number of carbonyl (C=O) groups is 2. The molecule has 5 nitrogen and oxygen atoms in total. The molecule has 1 aliphatic heterocycles. The number of nitrogens with zero attached hydrogens (tertiary/aromatic N) is 1. The van der Waals surface area contributed by atoms with Crippen molar-refractivity contribution in [2.45, 2.75) is 0 Å². The Bertz CT molecular complexity index is 592. The van der Waals surface area contributed by atoms with Gasteiger partial charge in [-0.2, -0.15) is 0 Å². The van der Waals surface area contributed by atoms with Gasteiger partial charge in [-0.15, -0.1) is 0 Å². The molecule has 0 saturated carbocycles. The smallest absolute Gasteiger partial charge is 0.299 e. The zero-order valence-corrected chi connectivity index (χ0v) is 13.6. The van der Waals surface area contributed by atoms with Gasteiger partial charge in [-0.1, -0.05) is 27.7 Å². The molecule has 1 amide bonds. The lowest BCUT2D eigenvalue weighted by Crippen LogP contribution is -2.32. The summed E-state index contributed by atoms with van der Waals surface area (Å²) in [5, 5.41) is 7.12. The van der Waals surface area contributed by atoms with Gasteiger partial charge in [0.1, 0.15) is 0 Å². The molecule has 0 spiro atoms. The van der Waals surface area contributed by atoms with E-state index >= 15 is 0 Å². The number of thioether (sulfide) groups is 1. The van der Waals surface area contributed by atoms with Crippen LogP contribution in [0.4, 0.5) is 5.69 Å². The van der Waals surface area contributed by atoms with Gasteiger partial charge in [0.2, 0.25) is 0 Å². The Labute approximate surface area is 130 Å². The summed E-state index contributed by atoms with van der Waals surface area (Å²) in [6.45, 7) is 0.335. The molecule has 19 heavy (non-hydrogen) atoms. The van der Waals surface area contributed by atoms with E-state index in [2.05, 4.69) is 31.9 Å².